The summed E-state index contributed by atoms with van der Waals surface area (Å²) in [6.07, 6.45) is -0.204. The van der Waals surface area contributed by atoms with Gasteiger partial charge >= 0.3 is 6.09 Å². The largest absolute Gasteiger partial charge is 0.491 e. The van der Waals surface area contributed by atoms with Crippen LogP contribution in [0.2, 0.25) is 0 Å². The van der Waals surface area contributed by atoms with Gasteiger partial charge < -0.3 is 19.3 Å². The van der Waals surface area contributed by atoms with Crippen LogP contribution in [0.15, 0.2) is 97.1 Å². The second-order valence-electron chi connectivity index (χ2n) is 7.19. The van der Waals surface area contributed by atoms with Crippen molar-refractivity contribution >= 4 is 17.7 Å². The van der Waals surface area contributed by atoms with Gasteiger partial charge in [-0.05, 0) is 48.0 Å². The van der Waals surface area contributed by atoms with Gasteiger partial charge in [0.05, 0.1) is 6.61 Å². The van der Waals surface area contributed by atoms with Crippen LogP contribution in [0.1, 0.15) is 11.7 Å². The lowest BCUT2D eigenvalue weighted by atomic mass is 10.0. The second-order valence-corrected chi connectivity index (χ2v) is 7.19. The number of aliphatic hydroxyl groups excluding tert-OH is 1. The van der Waals surface area contributed by atoms with Crippen molar-refractivity contribution in [3.63, 3.8) is 0 Å². The number of benzene rings is 3. The first-order chi connectivity index (χ1) is 17.1. The van der Waals surface area contributed by atoms with Gasteiger partial charge in [-0.1, -0.05) is 48.5 Å². The summed E-state index contributed by atoms with van der Waals surface area (Å²) in [7, 11) is 0. The molecular weight excluding hydrogens is 452 g/mol. The Bertz CT molecular complexity index is 1090. The fourth-order valence-corrected chi connectivity index (χ4v) is 3.10. The van der Waals surface area contributed by atoms with Crippen molar-refractivity contribution in [2.24, 2.45) is 0 Å². The molecule has 0 aliphatic heterocycles. The maximum atomic E-state index is 12.8. The summed E-state index contributed by atoms with van der Waals surface area (Å²) < 4.78 is 17.2. The Labute approximate surface area is 202 Å². The number of ether oxygens (including phenoxy) is 3. The first-order valence-electron chi connectivity index (χ1n) is 10.8. The standard InChI is InChI=1S/C26H26N2O7/c29-17-18-33-21-13-11-19(12-14-21)25(35-26(31)27-20-7-3-1-4-8-20)23(15-16-24(30)28-32)34-22-9-5-2-6-10-22/h1-16,23,25,29,32H,17-18H2,(H,27,31)(H,28,30)/b16-15+/t23-,25-/m1/s1. The summed E-state index contributed by atoms with van der Waals surface area (Å²) in [5, 5.41) is 20.5. The number of amides is 2. The van der Waals surface area contributed by atoms with Crippen molar-refractivity contribution in [1.29, 1.82) is 0 Å². The number of carbonyl (C=O) groups excluding carboxylic acids is 2. The molecule has 0 aromatic heterocycles. The Morgan fingerprint density at radius 3 is 2.17 bits per heavy atom. The van der Waals surface area contributed by atoms with Crippen LogP contribution in [0.25, 0.3) is 0 Å². The van der Waals surface area contributed by atoms with Gasteiger partial charge in [-0.3, -0.25) is 15.3 Å². The van der Waals surface area contributed by atoms with Crippen LogP contribution in [-0.4, -0.2) is 41.6 Å². The molecule has 9 nitrogen and oxygen atoms in total. The van der Waals surface area contributed by atoms with Crippen LogP contribution in [0.4, 0.5) is 10.5 Å². The quantitative estimate of drug-likeness (QED) is 0.187. The molecule has 0 bridgehead atoms. The molecule has 3 aromatic carbocycles. The van der Waals surface area contributed by atoms with E-state index in [0.717, 1.165) is 6.08 Å². The van der Waals surface area contributed by atoms with Crippen molar-refractivity contribution in [3.8, 4) is 11.5 Å². The third kappa shape index (κ3) is 8.18. The number of rotatable bonds is 11. The van der Waals surface area contributed by atoms with E-state index in [1.54, 1.807) is 72.8 Å². The molecule has 0 aliphatic rings. The number of aliphatic hydroxyl groups is 1. The number of para-hydroxylation sites is 2. The number of anilines is 1. The molecule has 3 rings (SSSR count). The zero-order chi connectivity index (χ0) is 24.9. The monoisotopic (exact) mass is 478 g/mol. The van der Waals surface area contributed by atoms with Crippen LogP contribution in [0.5, 0.6) is 11.5 Å². The van der Waals surface area contributed by atoms with E-state index < -0.39 is 24.2 Å². The fourth-order valence-electron chi connectivity index (χ4n) is 3.10. The van der Waals surface area contributed by atoms with E-state index >= 15 is 0 Å². The molecule has 3 aromatic rings. The first-order valence-corrected chi connectivity index (χ1v) is 10.8. The normalized spacial score (nSPS) is 12.4. The van der Waals surface area contributed by atoms with E-state index in [0.29, 0.717) is 22.7 Å². The van der Waals surface area contributed by atoms with Gasteiger partial charge in [0.25, 0.3) is 5.91 Å². The Kier molecular flexibility index (Phi) is 9.67. The third-order valence-electron chi connectivity index (χ3n) is 4.68. The number of hydrogen-bond acceptors (Lipinski definition) is 7. The molecule has 0 fully saturated rings. The van der Waals surface area contributed by atoms with Crippen molar-refractivity contribution < 1.29 is 34.1 Å². The molecule has 0 radical (unpaired) electrons. The molecule has 0 heterocycles. The minimum atomic E-state index is -0.992. The van der Waals surface area contributed by atoms with Crippen molar-refractivity contribution in [1.82, 2.24) is 5.48 Å². The minimum Gasteiger partial charge on any atom is -0.491 e. The van der Waals surface area contributed by atoms with Gasteiger partial charge in [0.1, 0.15) is 18.1 Å². The summed E-state index contributed by atoms with van der Waals surface area (Å²) in [5.74, 6) is 0.226. The highest BCUT2D eigenvalue weighted by Crippen LogP contribution is 2.29. The van der Waals surface area contributed by atoms with E-state index in [4.69, 9.17) is 24.5 Å². The summed E-state index contributed by atoms with van der Waals surface area (Å²) >= 11 is 0. The predicted octanol–water partition coefficient (Wildman–Crippen LogP) is 3.86. The smallest absolute Gasteiger partial charge is 0.412 e. The molecule has 4 N–H and O–H groups in total. The van der Waals surface area contributed by atoms with E-state index in [2.05, 4.69) is 5.32 Å². The summed E-state index contributed by atoms with van der Waals surface area (Å²) in [4.78, 5) is 24.4. The molecule has 35 heavy (non-hydrogen) atoms. The van der Waals surface area contributed by atoms with E-state index in [1.807, 2.05) is 12.1 Å². The fraction of sp³-hybridized carbons (Fsp3) is 0.154. The van der Waals surface area contributed by atoms with Gasteiger partial charge in [-0.15, -0.1) is 0 Å². The van der Waals surface area contributed by atoms with E-state index in [-0.39, 0.29) is 13.2 Å². The highest BCUT2D eigenvalue weighted by molar-refractivity contribution is 5.86. The predicted molar refractivity (Wildman–Crippen MR) is 128 cm³/mol. The topological polar surface area (TPSA) is 126 Å². The summed E-state index contributed by atoms with van der Waals surface area (Å²) in [6.45, 7) is 0.00929. The van der Waals surface area contributed by atoms with Crippen LogP contribution in [0.3, 0.4) is 0 Å². The van der Waals surface area contributed by atoms with Gasteiger partial charge in [0, 0.05) is 11.8 Å². The third-order valence-corrected chi connectivity index (χ3v) is 4.68. The number of hydrogen-bond donors (Lipinski definition) is 4. The average Bonchev–Trinajstić information content (AvgIpc) is 2.90. The van der Waals surface area contributed by atoms with Gasteiger partial charge in [0.2, 0.25) is 0 Å². The lowest BCUT2D eigenvalue weighted by molar-refractivity contribution is -0.124. The highest BCUT2D eigenvalue weighted by Gasteiger charge is 2.28. The molecule has 0 saturated heterocycles. The number of nitrogens with one attached hydrogen (secondary N) is 2. The SMILES string of the molecule is O=C(/C=C/[C@@H](Oc1ccccc1)[C@H](OC(=O)Nc1ccccc1)c1ccc(OCCO)cc1)NO. The Morgan fingerprint density at radius 2 is 1.54 bits per heavy atom. The molecule has 2 atom stereocenters. The Morgan fingerprint density at radius 1 is 0.886 bits per heavy atom. The Balaban J connectivity index is 1.92. The Hall–Kier alpha value is -4.34. The zero-order valence-corrected chi connectivity index (χ0v) is 18.7. The first kappa shape index (κ1) is 25.3. The number of carbonyl (C=O) groups is 2. The van der Waals surface area contributed by atoms with Crippen LogP contribution in [-0.2, 0) is 9.53 Å². The summed E-state index contributed by atoms with van der Waals surface area (Å²) in [6, 6.07) is 24.3. The van der Waals surface area contributed by atoms with Crippen molar-refractivity contribution in [2.75, 3.05) is 18.5 Å². The van der Waals surface area contributed by atoms with Crippen molar-refractivity contribution in [2.45, 2.75) is 12.2 Å². The lowest BCUT2D eigenvalue weighted by Crippen LogP contribution is -2.30. The molecule has 0 saturated carbocycles. The zero-order valence-electron chi connectivity index (χ0n) is 18.7. The average molecular weight is 479 g/mol. The van der Waals surface area contributed by atoms with Crippen LogP contribution >= 0.6 is 0 Å². The van der Waals surface area contributed by atoms with Gasteiger partial charge in [-0.25, -0.2) is 10.3 Å². The second kappa shape index (κ2) is 13.4. The number of hydroxylamine groups is 1. The molecule has 9 heteroatoms. The molecular formula is C26H26N2O7. The van der Waals surface area contributed by atoms with Crippen molar-refractivity contribution in [3.05, 3.63) is 103 Å². The minimum absolute atomic E-state index is 0.127. The highest BCUT2D eigenvalue weighted by atomic mass is 16.6. The van der Waals surface area contributed by atoms with Crippen LogP contribution < -0.4 is 20.3 Å². The van der Waals surface area contributed by atoms with Gasteiger partial charge in [0.15, 0.2) is 12.2 Å². The summed E-state index contributed by atoms with van der Waals surface area (Å²) in [5.41, 5.74) is 2.62. The van der Waals surface area contributed by atoms with E-state index in [9.17, 15) is 9.59 Å². The molecule has 0 aliphatic carbocycles. The maximum Gasteiger partial charge on any atom is 0.412 e. The molecule has 0 spiro atoms. The van der Waals surface area contributed by atoms with Crippen LogP contribution in [0, 0.1) is 0 Å². The molecule has 2 amide bonds. The molecule has 182 valence electrons. The maximum absolute atomic E-state index is 12.8. The van der Waals surface area contributed by atoms with Gasteiger partial charge in [-0.2, -0.15) is 0 Å². The van der Waals surface area contributed by atoms with E-state index in [1.165, 1.54) is 11.6 Å². The molecule has 0 unspecified atom stereocenters. The lowest BCUT2D eigenvalue weighted by Gasteiger charge is -2.26.